The van der Waals surface area contributed by atoms with Gasteiger partial charge in [0.15, 0.2) is 0 Å². The Morgan fingerprint density at radius 1 is 0.788 bits per heavy atom. The van der Waals surface area contributed by atoms with Gasteiger partial charge in [-0.3, -0.25) is 15.1 Å². The van der Waals surface area contributed by atoms with E-state index in [1.54, 1.807) is 24.8 Å². The largest absolute Gasteiger partial charge is 0.508 e. The summed E-state index contributed by atoms with van der Waals surface area (Å²) in [4.78, 5) is 11.8. The van der Waals surface area contributed by atoms with Crippen LogP contribution in [0.5, 0.6) is 5.75 Å². The van der Waals surface area contributed by atoms with Gasteiger partial charge in [-0.25, -0.2) is 4.39 Å². The molecule has 33 heavy (non-hydrogen) atoms. The van der Waals surface area contributed by atoms with E-state index in [-0.39, 0.29) is 5.75 Å². The number of anilines is 1. The van der Waals surface area contributed by atoms with Crippen molar-refractivity contribution in [2.24, 2.45) is 0 Å². The standard InChI is InChI=1S/C25H17FN6O/c26-16-3-14(5-18(33)7-16)21-11-29-12-24-19(21)8-23(30-24)25-20-6-13(1-2-22(20)31-32-25)15-4-17(27)10-28-9-15/h1-12,30,33H,27H2,(H,31,32). The summed E-state index contributed by atoms with van der Waals surface area (Å²) in [7, 11) is 0. The minimum Gasteiger partial charge on any atom is -0.508 e. The molecular weight excluding hydrogens is 419 g/mol. The fourth-order valence-corrected chi connectivity index (χ4v) is 4.15. The van der Waals surface area contributed by atoms with Gasteiger partial charge in [-0.05, 0) is 47.5 Å². The molecule has 0 spiro atoms. The Kier molecular flexibility index (Phi) is 4.13. The zero-order valence-corrected chi connectivity index (χ0v) is 17.2. The number of nitrogens with two attached hydrogens (primary N) is 1. The number of phenols is 1. The highest BCUT2D eigenvalue weighted by atomic mass is 19.1. The third kappa shape index (κ3) is 3.25. The predicted octanol–water partition coefficient (Wildman–Crippen LogP) is 5.26. The SMILES string of the molecule is Nc1cncc(-c2ccc3[nH]nc(-c4cc5c(-c6cc(O)cc(F)c6)cncc5[nH]4)c3c2)c1. The van der Waals surface area contributed by atoms with E-state index in [0.29, 0.717) is 16.8 Å². The van der Waals surface area contributed by atoms with Gasteiger partial charge in [-0.15, -0.1) is 0 Å². The molecule has 0 fully saturated rings. The topological polar surface area (TPSA) is 116 Å². The lowest BCUT2D eigenvalue weighted by atomic mass is 10.0. The first-order chi connectivity index (χ1) is 16.0. The molecule has 6 aromatic rings. The van der Waals surface area contributed by atoms with Crippen molar-refractivity contribution < 1.29 is 9.50 Å². The number of nitrogens with one attached hydrogen (secondary N) is 2. The molecule has 160 valence electrons. The van der Waals surface area contributed by atoms with Crippen molar-refractivity contribution in [1.82, 2.24) is 25.1 Å². The molecular formula is C25H17FN6O. The Balaban J connectivity index is 1.51. The Labute approximate surface area is 186 Å². The molecule has 0 atom stereocenters. The average molecular weight is 436 g/mol. The van der Waals surface area contributed by atoms with Crippen LogP contribution >= 0.6 is 0 Å². The van der Waals surface area contributed by atoms with Gasteiger partial charge in [0.2, 0.25) is 0 Å². The molecule has 0 amide bonds. The summed E-state index contributed by atoms with van der Waals surface area (Å²) < 4.78 is 13.9. The zero-order chi connectivity index (χ0) is 22.5. The quantitative estimate of drug-likeness (QED) is 0.302. The van der Waals surface area contributed by atoms with Gasteiger partial charge in [0.1, 0.15) is 17.3 Å². The number of halogens is 1. The van der Waals surface area contributed by atoms with Crippen molar-refractivity contribution in [3.63, 3.8) is 0 Å². The first kappa shape index (κ1) is 19.0. The van der Waals surface area contributed by atoms with Gasteiger partial charge in [-0.1, -0.05) is 6.07 Å². The number of phenolic OH excluding ortho intramolecular Hbond substituents is 1. The van der Waals surface area contributed by atoms with Crippen LogP contribution in [0.15, 0.2) is 73.3 Å². The van der Waals surface area contributed by atoms with Gasteiger partial charge in [0.05, 0.1) is 28.6 Å². The number of nitrogen functional groups attached to an aromatic ring is 1. The van der Waals surface area contributed by atoms with Crippen LogP contribution in [0.25, 0.3) is 55.4 Å². The molecule has 0 aliphatic rings. The first-order valence-electron chi connectivity index (χ1n) is 10.2. The third-order valence-electron chi connectivity index (χ3n) is 5.65. The Hall–Kier alpha value is -4.72. The number of aromatic hydroxyl groups is 1. The summed E-state index contributed by atoms with van der Waals surface area (Å²) >= 11 is 0. The van der Waals surface area contributed by atoms with Crippen LogP contribution in [0.4, 0.5) is 10.1 Å². The molecule has 0 aliphatic heterocycles. The molecule has 0 aliphatic carbocycles. The second-order valence-electron chi connectivity index (χ2n) is 7.87. The van der Waals surface area contributed by atoms with E-state index in [1.807, 2.05) is 30.3 Å². The summed E-state index contributed by atoms with van der Waals surface area (Å²) in [6.45, 7) is 0. The fourth-order valence-electron chi connectivity index (χ4n) is 4.15. The van der Waals surface area contributed by atoms with Gasteiger partial charge in [0.25, 0.3) is 0 Å². The lowest BCUT2D eigenvalue weighted by Gasteiger charge is -2.04. The lowest BCUT2D eigenvalue weighted by molar-refractivity contribution is 0.469. The van der Waals surface area contributed by atoms with Gasteiger partial charge < -0.3 is 15.8 Å². The van der Waals surface area contributed by atoms with Crippen molar-refractivity contribution in [2.45, 2.75) is 0 Å². The highest BCUT2D eigenvalue weighted by Crippen LogP contribution is 2.35. The maximum atomic E-state index is 13.9. The minimum atomic E-state index is -0.514. The Bertz CT molecular complexity index is 1650. The highest BCUT2D eigenvalue weighted by Gasteiger charge is 2.15. The summed E-state index contributed by atoms with van der Waals surface area (Å²) in [5.74, 6) is -0.653. The minimum absolute atomic E-state index is 0.139. The Morgan fingerprint density at radius 3 is 2.52 bits per heavy atom. The number of benzene rings is 2. The van der Waals surface area contributed by atoms with Gasteiger partial charge in [0, 0.05) is 46.6 Å². The van der Waals surface area contributed by atoms with Crippen molar-refractivity contribution >= 4 is 27.5 Å². The molecule has 4 heterocycles. The second kappa shape index (κ2) is 7.16. The lowest BCUT2D eigenvalue weighted by Crippen LogP contribution is -1.87. The molecule has 2 aromatic carbocycles. The van der Waals surface area contributed by atoms with E-state index < -0.39 is 5.82 Å². The normalized spacial score (nSPS) is 11.4. The van der Waals surface area contributed by atoms with E-state index in [2.05, 4.69) is 25.1 Å². The molecule has 0 bridgehead atoms. The Morgan fingerprint density at radius 2 is 1.67 bits per heavy atom. The number of fused-ring (bicyclic) bond motifs is 2. The molecule has 7 nitrogen and oxygen atoms in total. The van der Waals surface area contributed by atoms with Gasteiger partial charge in [-0.2, -0.15) is 5.10 Å². The molecule has 6 rings (SSSR count). The summed E-state index contributed by atoms with van der Waals surface area (Å²) in [6, 6.07) is 13.8. The second-order valence-corrected chi connectivity index (χ2v) is 7.87. The average Bonchev–Trinajstić information content (AvgIpc) is 3.41. The number of aromatic nitrogens is 5. The number of aromatic amines is 2. The van der Waals surface area contributed by atoms with E-state index in [9.17, 15) is 9.50 Å². The van der Waals surface area contributed by atoms with Crippen LogP contribution in [0.3, 0.4) is 0 Å². The van der Waals surface area contributed by atoms with E-state index in [1.165, 1.54) is 12.1 Å². The van der Waals surface area contributed by atoms with Crippen LogP contribution < -0.4 is 5.73 Å². The number of hydrogen-bond acceptors (Lipinski definition) is 5. The summed E-state index contributed by atoms with van der Waals surface area (Å²) in [5, 5.41) is 19.2. The van der Waals surface area contributed by atoms with E-state index in [0.717, 1.165) is 50.4 Å². The third-order valence-corrected chi connectivity index (χ3v) is 5.65. The van der Waals surface area contributed by atoms with Gasteiger partial charge >= 0.3 is 0 Å². The highest BCUT2D eigenvalue weighted by molar-refractivity contribution is 6.01. The smallest absolute Gasteiger partial charge is 0.127 e. The number of rotatable bonds is 3. The maximum absolute atomic E-state index is 13.9. The molecule has 0 saturated carbocycles. The first-order valence-corrected chi connectivity index (χ1v) is 10.2. The zero-order valence-electron chi connectivity index (χ0n) is 17.2. The van der Waals surface area contributed by atoms with Crippen molar-refractivity contribution in [3.8, 4) is 39.4 Å². The number of nitrogens with zero attached hydrogens (tertiary/aromatic N) is 3. The molecule has 4 aromatic heterocycles. The van der Waals surface area contributed by atoms with Crippen LogP contribution in [-0.2, 0) is 0 Å². The molecule has 0 unspecified atom stereocenters. The van der Waals surface area contributed by atoms with Crippen LogP contribution in [-0.4, -0.2) is 30.3 Å². The number of pyridine rings is 2. The fraction of sp³-hybridized carbons (Fsp3) is 0. The van der Waals surface area contributed by atoms with Crippen LogP contribution in [0.2, 0.25) is 0 Å². The van der Waals surface area contributed by atoms with E-state index >= 15 is 0 Å². The molecule has 5 N–H and O–H groups in total. The molecule has 8 heteroatoms. The molecule has 0 saturated heterocycles. The summed E-state index contributed by atoms with van der Waals surface area (Å²) in [6.07, 6.45) is 6.74. The van der Waals surface area contributed by atoms with Crippen LogP contribution in [0, 0.1) is 5.82 Å². The van der Waals surface area contributed by atoms with E-state index in [4.69, 9.17) is 5.73 Å². The number of hydrogen-bond donors (Lipinski definition) is 4. The predicted molar refractivity (Wildman–Crippen MR) is 126 cm³/mol. The van der Waals surface area contributed by atoms with Crippen LogP contribution in [0.1, 0.15) is 0 Å². The monoisotopic (exact) mass is 436 g/mol. The van der Waals surface area contributed by atoms with Crippen molar-refractivity contribution in [1.29, 1.82) is 0 Å². The van der Waals surface area contributed by atoms with Crippen molar-refractivity contribution in [3.05, 3.63) is 79.1 Å². The maximum Gasteiger partial charge on any atom is 0.127 e. The molecule has 0 radical (unpaired) electrons. The van der Waals surface area contributed by atoms with Crippen molar-refractivity contribution in [2.75, 3.05) is 5.73 Å². The summed E-state index contributed by atoms with van der Waals surface area (Å²) in [5.41, 5.74) is 12.8. The number of H-pyrrole nitrogens is 2.